The average Bonchev–Trinajstić information content (AvgIpc) is 3.16. The van der Waals surface area contributed by atoms with Crippen LogP contribution in [0, 0.1) is 0 Å². The molecule has 2 rings (SSSR count). The van der Waals surface area contributed by atoms with Crippen molar-refractivity contribution in [2.45, 2.75) is 70.6 Å². The highest BCUT2D eigenvalue weighted by atomic mass is 16.2. The first-order chi connectivity index (χ1) is 10.2. The van der Waals surface area contributed by atoms with E-state index in [-0.39, 0.29) is 11.8 Å². The van der Waals surface area contributed by atoms with Gasteiger partial charge in [0.15, 0.2) is 0 Å². The van der Waals surface area contributed by atoms with Gasteiger partial charge in [0.1, 0.15) is 0 Å². The van der Waals surface area contributed by atoms with E-state index in [2.05, 4.69) is 21.1 Å². The molecule has 21 heavy (non-hydrogen) atoms. The number of amides is 2. The molecule has 2 N–H and O–H groups in total. The standard InChI is InChI=1S/C15H24N4O2/c20-14(18-16-12-6-1-2-7-12)10-5-11-15(21)19-17-13-8-3-4-9-13/h1-11H2,(H,18,20)(H,19,21). The second-order valence-electron chi connectivity index (χ2n) is 5.69. The maximum absolute atomic E-state index is 11.6. The van der Waals surface area contributed by atoms with Gasteiger partial charge in [-0.05, 0) is 57.8 Å². The third-order valence-corrected chi connectivity index (χ3v) is 3.85. The maximum atomic E-state index is 11.6. The number of nitrogens with zero attached hydrogens (tertiary/aromatic N) is 2. The van der Waals surface area contributed by atoms with E-state index < -0.39 is 0 Å². The van der Waals surface area contributed by atoms with Crippen LogP contribution in [0.4, 0.5) is 0 Å². The number of hydrogen-bond acceptors (Lipinski definition) is 4. The minimum Gasteiger partial charge on any atom is -0.273 e. The van der Waals surface area contributed by atoms with Crippen molar-refractivity contribution in [3.05, 3.63) is 0 Å². The molecule has 0 unspecified atom stereocenters. The van der Waals surface area contributed by atoms with Crippen LogP contribution < -0.4 is 10.9 Å². The summed E-state index contributed by atoms with van der Waals surface area (Å²) in [4.78, 5) is 23.1. The van der Waals surface area contributed by atoms with E-state index in [0.29, 0.717) is 19.3 Å². The first-order valence-electron chi connectivity index (χ1n) is 7.92. The fourth-order valence-electron chi connectivity index (χ4n) is 2.59. The molecule has 2 amide bonds. The summed E-state index contributed by atoms with van der Waals surface area (Å²) >= 11 is 0. The van der Waals surface area contributed by atoms with Crippen molar-refractivity contribution >= 4 is 23.2 Å². The minimum absolute atomic E-state index is 0.121. The smallest absolute Gasteiger partial charge is 0.240 e. The van der Waals surface area contributed by atoms with Gasteiger partial charge in [-0.3, -0.25) is 9.59 Å². The lowest BCUT2D eigenvalue weighted by Gasteiger charge is -2.02. The van der Waals surface area contributed by atoms with Gasteiger partial charge in [-0.1, -0.05) is 0 Å². The SMILES string of the molecule is O=C(CCCC(=O)NN=C1CCCC1)NN=C1CCCC1. The lowest BCUT2D eigenvalue weighted by atomic mass is 10.2. The molecule has 0 aromatic rings. The van der Waals surface area contributed by atoms with Gasteiger partial charge >= 0.3 is 0 Å². The quantitative estimate of drug-likeness (QED) is 0.736. The highest BCUT2D eigenvalue weighted by Gasteiger charge is 2.10. The molecule has 6 nitrogen and oxygen atoms in total. The van der Waals surface area contributed by atoms with Crippen LogP contribution in [0.1, 0.15) is 70.6 Å². The Morgan fingerprint density at radius 1 is 0.762 bits per heavy atom. The molecule has 2 aliphatic rings. The summed E-state index contributed by atoms with van der Waals surface area (Å²) in [6.07, 6.45) is 9.77. The number of carbonyl (C=O) groups excluding carboxylic acids is 2. The zero-order valence-electron chi connectivity index (χ0n) is 12.5. The fraction of sp³-hybridized carbons (Fsp3) is 0.733. The molecule has 0 aromatic heterocycles. The van der Waals surface area contributed by atoms with Crippen LogP contribution in [0.2, 0.25) is 0 Å². The predicted molar refractivity (Wildman–Crippen MR) is 81.9 cm³/mol. The summed E-state index contributed by atoms with van der Waals surface area (Å²) in [5.41, 5.74) is 7.28. The lowest BCUT2D eigenvalue weighted by Crippen LogP contribution is -2.21. The predicted octanol–water partition coefficient (Wildman–Crippen LogP) is 2.25. The van der Waals surface area contributed by atoms with Crippen molar-refractivity contribution < 1.29 is 9.59 Å². The van der Waals surface area contributed by atoms with Gasteiger partial charge in [0.25, 0.3) is 0 Å². The molecule has 0 heterocycles. The third kappa shape index (κ3) is 6.06. The van der Waals surface area contributed by atoms with Crippen molar-refractivity contribution in [1.29, 1.82) is 0 Å². The first-order valence-corrected chi connectivity index (χ1v) is 7.92. The highest BCUT2D eigenvalue weighted by molar-refractivity contribution is 5.88. The summed E-state index contributed by atoms with van der Waals surface area (Å²) in [7, 11) is 0. The second kappa shape index (κ2) is 8.54. The zero-order chi connectivity index (χ0) is 14.9. The van der Waals surface area contributed by atoms with Crippen LogP contribution in [0.5, 0.6) is 0 Å². The Labute approximate surface area is 125 Å². The lowest BCUT2D eigenvalue weighted by molar-refractivity contribution is -0.122. The summed E-state index contributed by atoms with van der Waals surface area (Å²) in [6.45, 7) is 0. The van der Waals surface area contributed by atoms with E-state index >= 15 is 0 Å². The second-order valence-corrected chi connectivity index (χ2v) is 5.69. The van der Waals surface area contributed by atoms with Gasteiger partial charge in [-0.25, -0.2) is 10.9 Å². The molecule has 0 radical (unpaired) electrons. The Morgan fingerprint density at radius 2 is 1.14 bits per heavy atom. The Hall–Kier alpha value is -1.72. The van der Waals surface area contributed by atoms with Crippen LogP contribution in [0.15, 0.2) is 10.2 Å². The Kier molecular flexibility index (Phi) is 6.37. The monoisotopic (exact) mass is 292 g/mol. The van der Waals surface area contributed by atoms with Crippen molar-refractivity contribution in [3.8, 4) is 0 Å². The molecular weight excluding hydrogens is 268 g/mol. The zero-order valence-corrected chi connectivity index (χ0v) is 12.5. The topological polar surface area (TPSA) is 82.9 Å². The van der Waals surface area contributed by atoms with E-state index in [9.17, 15) is 9.59 Å². The molecule has 0 spiro atoms. The first kappa shape index (κ1) is 15.7. The third-order valence-electron chi connectivity index (χ3n) is 3.85. The number of rotatable bonds is 6. The largest absolute Gasteiger partial charge is 0.273 e. The number of hydrazone groups is 2. The van der Waals surface area contributed by atoms with Gasteiger partial charge in [-0.2, -0.15) is 10.2 Å². The number of carbonyl (C=O) groups is 2. The summed E-state index contributed by atoms with van der Waals surface area (Å²) in [6, 6.07) is 0. The van der Waals surface area contributed by atoms with E-state index in [4.69, 9.17) is 0 Å². The molecule has 0 aliphatic heterocycles. The van der Waals surface area contributed by atoms with Crippen molar-refractivity contribution in [3.63, 3.8) is 0 Å². The van der Waals surface area contributed by atoms with Crippen LogP contribution in [0.25, 0.3) is 0 Å². The van der Waals surface area contributed by atoms with Crippen molar-refractivity contribution in [2.75, 3.05) is 0 Å². The van der Waals surface area contributed by atoms with Crippen molar-refractivity contribution in [1.82, 2.24) is 10.9 Å². The summed E-state index contributed by atoms with van der Waals surface area (Å²) < 4.78 is 0. The van der Waals surface area contributed by atoms with E-state index in [1.54, 1.807) is 0 Å². The molecule has 116 valence electrons. The highest BCUT2D eigenvalue weighted by Crippen LogP contribution is 2.14. The molecule has 2 saturated carbocycles. The summed E-state index contributed by atoms with van der Waals surface area (Å²) in [5.74, 6) is -0.242. The molecule has 0 saturated heterocycles. The normalized spacial score (nSPS) is 17.7. The Bertz CT molecular complexity index is 387. The van der Waals surface area contributed by atoms with Gasteiger partial charge in [0.05, 0.1) is 0 Å². The van der Waals surface area contributed by atoms with E-state index in [1.165, 1.54) is 0 Å². The van der Waals surface area contributed by atoms with Crippen LogP contribution >= 0.6 is 0 Å². The molecule has 2 fully saturated rings. The molecular formula is C15H24N4O2. The van der Waals surface area contributed by atoms with Crippen LogP contribution in [0.3, 0.4) is 0 Å². The minimum atomic E-state index is -0.121. The van der Waals surface area contributed by atoms with Crippen LogP contribution in [-0.4, -0.2) is 23.2 Å². The number of nitrogens with one attached hydrogen (secondary N) is 2. The molecule has 2 aliphatic carbocycles. The van der Waals surface area contributed by atoms with Crippen molar-refractivity contribution in [2.24, 2.45) is 10.2 Å². The van der Waals surface area contributed by atoms with E-state index in [1.807, 2.05) is 0 Å². The van der Waals surface area contributed by atoms with E-state index in [0.717, 1.165) is 62.8 Å². The Morgan fingerprint density at radius 3 is 1.52 bits per heavy atom. The molecule has 0 atom stereocenters. The van der Waals surface area contributed by atoms with Crippen LogP contribution in [-0.2, 0) is 9.59 Å². The fourth-order valence-corrected chi connectivity index (χ4v) is 2.59. The van der Waals surface area contributed by atoms with Gasteiger partial charge < -0.3 is 0 Å². The number of hydrogen-bond donors (Lipinski definition) is 2. The van der Waals surface area contributed by atoms with Gasteiger partial charge in [0, 0.05) is 24.3 Å². The molecule has 6 heteroatoms. The summed E-state index contributed by atoms with van der Waals surface area (Å²) in [5, 5.41) is 8.21. The van der Waals surface area contributed by atoms with Gasteiger partial charge in [0.2, 0.25) is 11.8 Å². The molecule has 0 bridgehead atoms. The molecule has 0 aromatic carbocycles. The maximum Gasteiger partial charge on any atom is 0.240 e. The average molecular weight is 292 g/mol. The van der Waals surface area contributed by atoms with Gasteiger partial charge in [-0.15, -0.1) is 0 Å². The Balaban J connectivity index is 1.55.